The summed E-state index contributed by atoms with van der Waals surface area (Å²) in [4.78, 5) is 45.7. The summed E-state index contributed by atoms with van der Waals surface area (Å²) in [6.07, 6.45) is 0.903. The number of nitrogens with zero attached hydrogens (tertiary/aromatic N) is 3. The van der Waals surface area contributed by atoms with Crippen LogP contribution < -0.4 is 19.7 Å². The number of piperidine rings is 1. The number of methoxy groups -OCH3 is 2. The summed E-state index contributed by atoms with van der Waals surface area (Å²) in [6.45, 7) is 1.49. The molecule has 0 bridgehead atoms. The van der Waals surface area contributed by atoms with Crippen molar-refractivity contribution < 1.29 is 23.9 Å². The maximum atomic E-state index is 14.0. The topological polar surface area (TPSA) is 91.4 Å². The van der Waals surface area contributed by atoms with Crippen molar-refractivity contribution in [2.75, 3.05) is 45.4 Å². The molecule has 0 atom stereocenters. The van der Waals surface area contributed by atoms with Gasteiger partial charge in [0.25, 0.3) is 11.8 Å². The fourth-order valence-electron chi connectivity index (χ4n) is 5.57. The number of likely N-dealkylation sites (tertiary alicyclic amines) is 1. The molecule has 2 aliphatic rings. The number of hydrogen-bond donors (Lipinski definition) is 1. The van der Waals surface area contributed by atoms with Gasteiger partial charge in [-0.1, -0.05) is 48.5 Å². The smallest absolute Gasteiger partial charge is 0.257 e. The van der Waals surface area contributed by atoms with E-state index in [1.807, 2.05) is 60.7 Å². The molecule has 0 aliphatic carbocycles. The van der Waals surface area contributed by atoms with E-state index < -0.39 is 5.54 Å². The lowest BCUT2D eigenvalue weighted by Gasteiger charge is -2.43. The van der Waals surface area contributed by atoms with Crippen LogP contribution in [0.3, 0.4) is 0 Å². The van der Waals surface area contributed by atoms with Gasteiger partial charge in [0.1, 0.15) is 23.6 Å². The normalized spacial score (nSPS) is 16.2. The molecule has 3 amide bonds. The molecule has 9 heteroatoms. The highest BCUT2D eigenvalue weighted by molar-refractivity contribution is 5.99. The highest BCUT2D eigenvalue weighted by Gasteiger charge is 2.54. The first-order chi connectivity index (χ1) is 19.4. The number of benzene rings is 3. The number of nitrogens with one attached hydrogen (secondary N) is 1. The Labute approximate surface area is 234 Å². The van der Waals surface area contributed by atoms with E-state index in [9.17, 15) is 14.4 Å². The standard InChI is InChI=1S/C31H34N4O5/c1-39-25-13-14-26(27(19-25)40-2)29(37)33-17-15-31(16-18-33)30(38)34(22-35(31)24-11-7-4-8-12-24)21-28(36)32-20-23-9-5-3-6-10-23/h3-14,19H,15-18,20-22H2,1-2H3,(H,32,36). The summed E-state index contributed by atoms with van der Waals surface area (Å²) in [7, 11) is 3.09. The Morgan fingerprint density at radius 2 is 1.57 bits per heavy atom. The molecule has 9 nitrogen and oxygen atoms in total. The Morgan fingerprint density at radius 1 is 0.900 bits per heavy atom. The highest BCUT2D eigenvalue weighted by Crippen LogP contribution is 2.40. The summed E-state index contributed by atoms with van der Waals surface area (Å²) in [5.74, 6) is 0.610. The third kappa shape index (κ3) is 5.32. The van der Waals surface area contributed by atoms with Gasteiger partial charge in [-0.2, -0.15) is 0 Å². The van der Waals surface area contributed by atoms with Crippen LogP contribution in [0.5, 0.6) is 11.5 Å². The van der Waals surface area contributed by atoms with Crippen molar-refractivity contribution in [2.45, 2.75) is 24.9 Å². The molecule has 208 valence electrons. The Balaban J connectivity index is 1.31. The van der Waals surface area contributed by atoms with Crippen LogP contribution in [0.2, 0.25) is 0 Å². The first-order valence-electron chi connectivity index (χ1n) is 13.4. The van der Waals surface area contributed by atoms with E-state index in [2.05, 4.69) is 10.2 Å². The van der Waals surface area contributed by atoms with Gasteiger partial charge in [-0.15, -0.1) is 0 Å². The van der Waals surface area contributed by atoms with E-state index >= 15 is 0 Å². The van der Waals surface area contributed by atoms with Gasteiger partial charge >= 0.3 is 0 Å². The van der Waals surface area contributed by atoms with Crippen LogP contribution in [0.4, 0.5) is 5.69 Å². The molecule has 2 saturated heterocycles. The van der Waals surface area contributed by atoms with Gasteiger partial charge < -0.3 is 29.5 Å². The fourth-order valence-corrected chi connectivity index (χ4v) is 5.57. The van der Waals surface area contributed by atoms with Gasteiger partial charge in [-0.3, -0.25) is 14.4 Å². The van der Waals surface area contributed by atoms with Crippen molar-refractivity contribution in [1.29, 1.82) is 0 Å². The first kappa shape index (κ1) is 27.1. The van der Waals surface area contributed by atoms with E-state index in [4.69, 9.17) is 9.47 Å². The second-order valence-electron chi connectivity index (χ2n) is 10.1. The SMILES string of the molecule is COc1ccc(C(=O)N2CCC3(CC2)C(=O)N(CC(=O)NCc2ccccc2)CN3c2ccccc2)c(OC)c1. The summed E-state index contributed by atoms with van der Waals surface area (Å²) in [6, 6.07) is 24.6. The third-order valence-corrected chi connectivity index (χ3v) is 7.77. The summed E-state index contributed by atoms with van der Waals surface area (Å²) in [5.41, 5.74) is 1.53. The lowest BCUT2D eigenvalue weighted by atomic mass is 9.85. The minimum absolute atomic E-state index is 0.0254. The number of amides is 3. The van der Waals surface area contributed by atoms with Crippen molar-refractivity contribution in [2.24, 2.45) is 0 Å². The van der Waals surface area contributed by atoms with Gasteiger partial charge in [-0.05, 0) is 42.7 Å². The Morgan fingerprint density at radius 3 is 2.23 bits per heavy atom. The van der Waals surface area contributed by atoms with Crippen molar-refractivity contribution in [1.82, 2.24) is 15.1 Å². The van der Waals surface area contributed by atoms with Crippen LogP contribution in [0.1, 0.15) is 28.8 Å². The fraction of sp³-hybridized carbons (Fsp3) is 0.323. The summed E-state index contributed by atoms with van der Waals surface area (Å²) >= 11 is 0. The molecular weight excluding hydrogens is 508 g/mol. The molecule has 2 aliphatic heterocycles. The van der Waals surface area contributed by atoms with Gasteiger partial charge in [-0.25, -0.2) is 0 Å². The van der Waals surface area contributed by atoms with Crippen molar-refractivity contribution in [3.05, 3.63) is 90.0 Å². The van der Waals surface area contributed by atoms with Crippen LogP contribution in [-0.4, -0.2) is 73.6 Å². The molecule has 3 aromatic carbocycles. The number of ether oxygens (including phenoxy) is 2. The van der Waals surface area contributed by atoms with E-state index in [-0.39, 0.29) is 24.3 Å². The Bertz CT molecular complexity index is 1360. The molecule has 2 heterocycles. The number of anilines is 1. The quantitative estimate of drug-likeness (QED) is 0.470. The third-order valence-electron chi connectivity index (χ3n) is 7.77. The average Bonchev–Trinajstić information content (AvgIpc) is 3.26. The largest absolute Gasteiger partial charge is 0.497 e. The van der Waals surface area contributed by atoms with E-state index in [0.717, 1.165) is 11.3 Å². The second-order valence-corrected chi connectivity index (χ2v) is 10.1. The minimum atomic E-state index is -0.832. The van der Waals surface area contributed by atoms with Gasteiger partial charge in [0.05, 0.1) is 26.5 Å². The zero-order chi connectivity index (χ0) is 28.1. The monoisotopic (exact) mass is 542 g/mol. The molecule has 1 N–H and O–H groups in total. The molecule has 0 saturated carbocycles. The second kappa shape index (κ2) is 11.7. The Kier molecular flexibility index (Phi) is 7.91. The van der Waals surface area contributed by atoms with E-state index in [1.165, 1.54) is 7.11 Å². The summed E-state index contributed by atoms with van der Waals surface area (Å²) in [5, 5.41) is 2.93. The van der Waals surface area contributed by atoms with Crippen LogP contribution in [-0.2, 0) is 16.1 Å². The first-order valence-corrected chi connectivity index (χ1v) is 13.4. The maximum absolute atomic E-state index is 14.0. The molecule has 0 aromatic heterocycles. The summed E-state index contributed by atoms with van der Waals surface area (Å²) < 4.78 is 10.7. The molecular formula is C31H34N4O5. The van der Waals surface area contributed by atoms with Crippen molar-refractivity contribution in [3.63, 3.8) is 0 Å². The van der Waals surface area contributed by atoms with Crippen molar-refractivity contribution in [3.8, 4) is 11.5 Å². The van der Waals surface area contributed by atoms with Gasteiger partial charge in [0.2, 0.25) is 5.91 Å². The molecule has 3 aromatic rings. The average molecular weight is 543 g/mol. The number of carbonyl (C=O) groups is 3. The maximum Gasteiger partial charge on any atom is 0.257 e. The molecule has 0 unspecified atom stereocenters. The molecule has 0 radical (unpaired) electrons. The number of para-hydroxylation sites is 1. The molecule has 2 fully saturated rings. The number of carbonyl (C=O) groups excluding carboxylic acids is 3. The minimum Gasteiger partial charge on any atom is -0.497 e. The lowest BCUT2D eigenvalue weighted by Crippen LogP contribution is -2.57. The number of hydrogen-bond acceptors (Lipinski definition) is 6. The molecule has 5 rings (SSSR count). The van der Waals surface area contributed by atoms with Crippen LogP contribution >= 0.6 is 0 Å². The highest BCUT2D eigenvalue weighted by atomic mass is 16.5. The van der Waals surface area contributed by atoms with E-state index in [1.54, 1.807) is 35.1 Å². The zero-order valence-electron chi connectivity index (χ0n) is 22.8. The molecule has 40 heavy (non-hydrogen) atoms. The van der Waals surface area contributed by atoms with E-state index in [0.29, 0.717) is 56.2 Å². The van der Waals surface area contributed by atoms with Crippen LogP contribution in [0, 0.1) is 0 Å². The Hall–Kier alpha value is -4.53. The zero-order valence-corrected chi connectivity index (χ0v) is 22.8. The predicted molar refractivity (Wildman–Crippen MR) is 151 cm³/mol. The molecule has 1 spiro atoms. The van der Waals surface area contributed by atoms with Crippen molar-refractivity contribution >= 4 is 23.4 Å². The van der Waals surface area contributed by atoms with Crippen LogP contribution in [0.15, 0.2) is 78.9 Å². The predicted octanol–water partition coefficient (Wildman–Crippen LogP) is 3.30. The lowest BCUT2D eigenvalue weighted by molar-refractivity contribution is -0.137. The van der Waals surface area contributed by atoms with Gasteiger partial charge in [0, 0.05) is 31.4 Å². The van der Waals surface area contributed by atoms with Crippen LogP contribution in [0.25, 0.3) is 0 Å². The van der Waals surface area contributed by atoms with Gasteiger partial charge in [0.15, 0.2) is 0 Å². The number of rotatable bonds is 8.